The van der Waals surface area contributed by atoms with Crippen molar-refractivity contribution < 1.29 is 4.74 Å². The minimum Gasteiger partial charge on any atom is -0.378 e. The number of ether oxygens (including phenoxy) is 1. The molecule has 0 amide bonds. The predicted octanol–water partition coefficient (Wildman–Crippen LogP) is 1.82. The number of aromatic amines is 1. The van der Waals surface area contributed by atoms with E-state index in [-0.39, 0.29) is 5.95 Å². The monoisotopic (exact) mass is 325 g/mol. The maximum atomic E-state index is 5.86. The Labute approximate surface area is 139 Å². The number of hydrogen-bond donors (Lipinski definition) is 3. The van der Waals surface area contributed by atoms with E-state index in [1.165, 1.54) is 5.56 Å². The average molecular weight is 325 g/mol. The number of nitrogens with zero attached hydrogens (tertiary/aromatic N) is 4. The van der Waals surface area contributed by atoms with Crippen LogP contribution in [-0.2, 0) is 4.74 Å². The SMILES string of the molecule is Cc1cccc(Nc2nc3nc(N)nc(N4CCOCC4)c3[nH]2)c1. The molecule has 1 aliphatic heterocycles. The zero-order valence-corrected chi connectivity index (χ0v) is 13.4. The van der Waals surface area contributed by atoms with Gasteiger partial charge in [-0.2, -0.15) is 15.0 Å². The molecule has 0 saturated carbocycles. The first-order valence-electron chi connectivity index (χ1n) is 7.89. The molecule has 2 aromatic heterocycles. The Morgan fingerprint density at radius 1 is 1.21 bits per heavy atom. The fraction of sp³-hybridized carbons (Fsp3) is 0.312. The van der Waals surface area contributed by atoms with Gasteiger partial charge in [0.2, 0.25) is 11.9 Å². The zero-order chi connectivity index (χ0) is 16.5. The van der Waals surface area contributed by atoms with Gasteiger partial charge in [-0.05, 0) is 24.6 Å². The van der Waals surface area contributed by atoms with E-state index in [1.54, 1.807) is 0 Å². The van der Waals surface area contributed by atoms with Crippen LogP contribution in [0.15, 0.2) is 24.3 Å². The van der Waals surface area contributed by atoms with E-state index in [0.717, 1.165) is 30.1 Å². The van der Waals surface area contributed by atoms with E-state index < -0.39 is 0 Å². The third-order valence-corrected chi connectivity index (χ3v) is 3.94. The lowest BCUT2D eigenvalue weighted by molar-refractivity contribution is 0.122. The van der Waals surface area contributed by atoms with Crippen molar-refractivity contribution in [3.05, 3.63) is 29.8 Å². The van der Waals surface area contributed by atoms with Gasteiger partial charge in [0, 0.05) is 18.8 Å². The van der Waals surface area contributed by atoms with Gasteiger partial charge < -0.3 is 25.7 Å². The van der Waals surface area contributed by atoms with Gasteiger partial charge in [0.1, 0.15) is 5.52 Å². The molecule has 0 atom stereocenters. The van der Waals surface area contributed by atoms with Crippen LogP contribution in [0.1, 0.15) is 5.56 Å². The number of hydrogen-bond acceptors (Lipinski definition) is 7. The lowest BCUT2D eigenvalue weighted by atomic mass is 10.2. The molecule has 8 heteroatoms. The van der Waals surface area contributed by atoms with Crippen LogP contribution in [0.2, 0.25) is 0 Å². The molecule has 1 fully saturated rings. The number of nitrogens with one attached hydrogen (secondary N) is 2. The number of benzene rings is 1. The summed E-state index contributed by atoms with van der Waals surface area (Å²) >= 11 is 0. The van der Waals surface area contributed by atoms with Gasteiger partial charge in [0.05, 0.1) is 13.2 Å². The Morgan fingerprint density at radius 2 is 2.04 bits per heavy atom. The van der Waals surface area contributed by atoms with Crippen LogP contribution in [0, 0.1) is 6.92 Å². The van der Waals surface area contributed by atoms with Crippen molar-refractivity contribution in [3.63, 3.8) is 0 Å². The number of morpholine rings is 1. The first-order valence-corrected chi connectivity index (χ1v) is 7.89. The minimum atomic E-state index is 0.220. The maximum Gasteiger partial charge on any atom is 0.224 e. The van der Waals surface area contributed by atoms with E-state index in [1.807, 2.05) is 25.1 Å². The lowest BCUT2D eigenvalue weighted by Crippen LogP contribution is -2.37. The molecule has 3 heterocycles. The van der Waals surface area contributed by atoms with Crippen molar-refractivity contribution in [2.75, 3.05) is 42.3 Å². The zero-order valence-electron chi connectivity index (χ0n) is 13.4. The molecule has 0 aliphatic carbocycles. The molecular formula is C16H19N7O. The molecular weight excluding hydrogens is 306 g/mol. The number of imidazole rings is 1. The molecule has 1 aliphatic rings. The van der Waals surface area contributed by atoms with Crippen molar-refractivity contribution in [2.24, 2.45) is 0 Å². The second-order valence-corrected chi connectivity index (χ2v) is 5.78. The molecule has 0 spiro atoms. The molecule has 0 unspecified atom stereocenters. The van der Waals surface area contributed by atoms with Gasteiger partial charge in [0.15, 0.2) is 11.5 Å². The van der Waals surface area contributed by atoms with Crippen LogP contribution in [0.4, 0.5) is 23.4 Å². The van der Waals surface area contributed by atoms with Crippen LogP contribution in [0.3, 0.4) is 0 Å². The summed E-state index contributed by atoms with van der Waals surface area (Å²) in [7, 11) is 0. The molecule has 3 aromatic rings. The van der Waals surface area contributed by atoms with Crippen LogP contribution in [0.25, 0.3) is 11.2 Å². The Morgan fingerprint density at radius 3 is 2.83 bits per heavy atom. The summed E-state index contributed by atoms with van der Waals surface area (Å²) in [5.41, 5.74) is 9.33. The molecule has 24 heavy (non-hydrogen) atoms. The maximum absolute atomic E-state index is 5.86. The number of aryl methyl sites for hydroxylation is 1. The highest BCUT2D eigenvalue weighted by atomic mass is 16.5. The molecule has 4 N–H and O–H groups in total. The first kappa shape index (κ1) is 14.7. The van der Waals surface area contributed by atoms with Crippen LogP contribution >= 0.6 is 0 Å². The highest BCUT2D eigenvalue weighted by molar-refractivity contribution is 5.86. The number of anilines is 4. The summed E-state index contributed by atoms with van der Waals surface area (Å²) in [4.78, 5) is 18.5. The van der Waals surface area contributed by atoms with Crippen LogP contribution < -0.4 is 16.0 Å². The third kappa shape index (κ3) is 2.83. The van der Waals surface area contributed by atoms with Crippen molar-refractivity contribution in [3.8, 4) is 0 Å². The van der Waals surface area contributed by atoms with E-state index in [9.17, 15) is 0 Å². The van der Waals surface area contributed by atoms with Crippen LogP contribution in [-0.4, -0.2) is 46.2 Å². The van der Waals surface area contributed by atoms with Crippen molar-refractivity contribution in [2.45, 2.75) is 6.92 Å². The summed E-state index contributed by atoms with van der Waals surface area (Å²) in [6, 6.07) is 8.09. The number of H-pyrrole nitrogens is 1. The highest BCUT2D eigenvalue weighted by Crippen LogP contribution is 2.26. The van der Waals surface area contributed by atoms with Gasteiger partial charge in [-0.25, -0.2) is 0 Å². The Balaban J connectivity index is 1.71. The fourth-order valence-corrected chi connectivity index (χ4v) is 2.82. The fourth-order valence-electron chi connectivity index (χ4n) is 2.82. The minimum absolute atomic E-state index is 0.220. The van der Waals surface area contributed by atoms with Crippen molar-refractivity contribution in [1.82, 2.24) is 19.9 Å². The van der Waals surface area contributed by atoms with Gasteiger partial charge in [-0.3, -0.25) is 0 Å². The molecule has 8 nitrogen and oxygen atoms in total. The first-order chi connectivity index (χ1) is 11.7. The second-order valence-electron chi connectivity index (χ2n) is 5.78. The molecule has 4 rings (SSSR count). The van der Waals surface area contributed by atoms with E-state index in [4.69, 9.17) is 10.5 Å². The number of rotatable bonds is 3. The topological polar surface area (TPSA) is 105 Å². The molecule has 0 bridgehead atoms. The van der Waals surface area contributed by atoms with E-state index in [2.05, 4.69) is 36.2 Å². The van der Waals surface area contributed by atoms with Crippen molar-refractivity contribution >= 4 is 34.6 Å². The summed E-state index contributed by atoms with van der Waals surface area (Å²) in [5.74, 6) is 1.60. The predicted molar refractivity (Wildman–Crippen MR) is 93.6 cm³/mol. The molecule has 1 saturated heterocycles. The number of aromatic nitrogens is 4. The summed E-state index contributed by atoms with van der Waals surface area (Å²) in [5, 5.41) is 3.27. The highest BCUT2D eigenvalue weighted by Gasteiger charge is 2.19. The van der Waals surface area contributed by atoms with Gasteiger partial charge in [0.25, 0.3) is 0 Å². The number of nitrogens with two attached hydrogens (primary N) is 1. The average Bonchev–Trinajstić information content (AvgIpc) is 2.97. The van der Waals surface area contributed by atoms with Gasteiger partial charge in [-0.15, -0.1) is 0 Å². The second kappa shape index (κ2) is 5.97. The third-order valence-electron chi connectivity index (χ3n) is 3.94. The molecule has 1 aromatic carbocycles. The molecule has 124 valence electrons. The van der Waals surface area contributed by atoms with E-state index in [0.29, 0.717) is 24.8 Å². The molecule has 0 radical (unpaired) electrons. The Hall–Kier alpha value is -2.87. The summed E-state index contributed by atoms with van der Waals surface area (Å²) in [6.45, 7) is 4.94. The van der Waals surface area contributed by atoms with Crippen molar-refractivity contribution in [1.29, 1.82) is 0 Å². The normalized spacial score (nSPS) is 15.0. The Kier molecular flexibility index (Phi) is 3.66. The summed E-state index contributed by atoms with van der Waals surface area (Å²) < 4.78 is 5.40. The number of fused-ring (bicyclic) bond motifs is 1. The quantitative estimate of drug-likeness (QED) is 0.674. The summed E-state index contributed by atoms with van der Waals surface area (Å²) in [6.07, 6.45) is 0. The Bertz CT molecular complexity index is 870. The van der Waals surface area contributed by atoms with Crippen LogP contribution in [0.5, 0.6) is 0 Å². The largest absolute Gasteiger partial charge is 0.378 e. The smallest absolute Gasteiger partial charge is 0.224 e. The number of nitrogen functional groups attached to an aromatic ring is 1. The standard InChI is InChI=1S/C16H19N7O/c1-10-3-2-4-11(9-10)18-16-19-12-13(21-16)20-15(17)22-14(12)23-5-7-24-8-6-23/h2-4,9H,5-8H2,1H3,(H4,17,18,19,20,21,22). The van der Waals surface area contributed by atoms with E-state index >= 15 is 0 Å². The lowest BCUT2D eigenvalue weighted by Gasteiger charge is -2.27. The van der Waals surface area contributed by atoms with Gasteiger partial charge in [-0.1, -0.05) is 12.1 Å². The van der Waals surface area contributed by atoms with Gasteiger partial charge >= 0.3 is 0 Å².